The number of piperazine rings is 1. The fraction of sp³-hybridized carbons (Fsp3) is 0.286. The predicted octanol–water partition coefficient (Wildman–Crippen LogP) is 1.26. The van der Waals surface area contributed by atoms with Crippen molar-refractivity contribution in [3.63, 3.8) is 0 Å². The molecule has 1 aromatic rings. The zero-order valence-electron chi connectivity index (χ0n) is 10.3. The van der Waals surface area contributed by atoms with Crippen LogP contribution in [0.3, 0.4) is 0 Å². The van der Waals surface area contributed by atoms with Crippen LogP contribution in [0.5, 0.6) is 0 Å². The number of hydrogen-bond donors (Lipinski definition) is 1. The molecule has 2 amide bonds. The van der Waals surface area contributed by atoms with Crippen LogP contribution in [0.1, 0.15) is 18.5 Å². The van der Waals surface area contributed by atoms with Gasteiger partial charge in [0.15, 0.2) is 0 Å². The Bertz CT molecular complexity index is 470. The summed E-state index contributed by atoms with van der Waals surface area (Å²) < 4.78 is 0. The molecular weight excluding hydrogens is 228 g/mol. The third-order valence-electron chi connectivity index (χ3n) is 3.11. The molecule has 1 heterocycles. The number of hydrogen-bond acceptors (Lipinski definition) is 2. The zero-order valence-corrected chi connectivity index (χ0v) is 10.3. The number of amides is 2. The summed E-state index contributed by atoms with van der Waals surface area (Å²) in [5.41, 5.74) is 0.803. The molecular formula is C14H16N2O2. The molecule has 2 atom stereocenters. The standard InChI is InChI=1S/C14H16N2O2/c1-3-10(2)16-9-12(17)15-13(14(16)18)11-7-5-4-6-8-11/h3-8,10,13H,1,9H2,2H3,(H,15,17). The molecule has 0 bridgehead atoms. The van der Waals surface area contributed by atoms with E-state index in [4.69, 9.17) is 0 Å². The van der Waals surface area contributed by atoms with Gasteiger partial charge in [0.2, 0.25) is 5.91 Å². The summed E-state index contributed by atoms with van der Waals surface area (Å²) in [7, 11) is 0. The molecule has 18 heavy (non-hydrogen) atoms. The van der Waals surface area contributed by atoms with Gasteiger partial charge in [0.1, 0.15) is 12.6 Å². The van der Waals surface area contributed by atoms with Crippen molar-refractivity contribution in [2.75, 3.05) is 6.54 Å². The minimum atomic E-state index is -0.588. The lowest BCUT2D eigenvalue weighted by atomic mass is 10.0. The summed E-state index contributed by atoms with van der Waals surface area (Å²) in [6.07, 6.45) is 1.67. The van der Waals surface area contributed by atoms with Gasteiger partial charge in [-0.15, -0.1) is 6.58 Å². The van der Waals surface area contributed by atoms with E-state index in [1.165, 1.54) is 0 Å². The average Bonchev–Trinajstić information content (AvgIpc) is 2.41. The molecule has 4 nitrogen and oxygen atoms in total. The Labute approximate surface area is 106 Å². The molecule has 1 fully saturated rings. The van der Waals surface area contributed by atoms with E-state index < -0.39 is 6.04 Å². The number of nitrogens with one attached hydrogen (secondary N) is 1. The Morgan fingerprint density at radius 1 is 1.39 bits per heavy atom. The smallest absolute Gasteiger partial charge is 0.250 e. The summed E-state index contributed by atoms with van der Waals surface area (Å²) in [5, 5.41) is 2.73. The highest BCUT2D eigenvalue weighted by Gasteiger charge is 2.35. The molecule has 1 N–H and O–H groups in total. The largest absolute Gasteiger partial charge is 0.339 e. The van der Waals surface area contributed by atoms with E-state index in [2.05, 4.69) is 11.9 Å². The van der Waals surface area contributed by atoms with Crippen molar-refractivity contribution in [3.8, 4) is 0 Å². The highest BCUT2D eigenvalue weighted by molar-refractivity contribution is 5.95. The normalized spacial score (nSPS) is 21.4. The fourth-order valence-corrected chi connectivity index (χ4v) is 2.01. The molecule has 1 aliphatic heterocycles. The number of benzene rings is 1. The topological polar surface area (TPSA) is 49.4 Å². The van der Waals surface area contributed by atoms with Crippen LogP contribution in [0.15, 0.2) is 43.0 Å². The first-order valence-corrected chi connectivity index (χ1v) is 5.91. The van der Waals surface area contributed by atoms with Crippen molar-refractivity contribution < 1.29 is 9.59 Å². The van der Waals surface area contributed by atoms with Crippen molar-refractivity contribution in [2.45, 2.75) is 19.0 Å². The maximum absolute atomic E-state index is 12.3. The quantitative estimate of drug-likeness (QED) is 0.814. The molecule has 1 saturated heterocycles. The molecule has 1 aromatic carbocycles. The fourth-order valence-electron chi connectivity index (χ4n) is 2.01. The van der Waals surface area contributed by atoms with Gasteiger partial charge >= 0.3 is 0 Å². The Hall–Kier alpha value is -2.10. The molecule has 2 unspecified atom stereocenters. The van der Waals surface area contributed by atoms with Gasteiger partial charge in [-0.3, -0.25) is 9.59 Å². The molecule has 0 saturated carbocycles. The second-order valence-electron chi connectivity index (χ2n) is 4.35. The summed E-state index contributed by atoms with van der Waals surface area (Å²) in [5.74, 6) is -0.231. The Kier molecular flexibility index (Phi) is 3.46. The van der Waals surface area contributed by atoms with Gasteiger partial charge in [-0.05, 0) is 12.5 Å². The van der Waals surface area contributed by atoms with Crippen molar-refractivity contribution in [2.24, 2.45) is 0 Å². The zero-order chi connectivity index (χ0) is 13.1. The van der Waals surface area contributed by atoms with Crippen LogP contribution < -0.4 is 5.32 Å². The van der Waals surface area contributed by atoms with Crippen LogP contribution in [0.2, 0.25) is 0 Å². The maximum Gasteiger partial charge on any atom is 0.250 e. The molecule has 0 spiro atoms. The van der Waals surface area contributed by atoms with Gasteiger partial charge in [0, 0.05) is 6.04 Å². The third kappa shape index (κ3) is 2.27. The lowest BCUT2D eigenvalue weighted by Crippen LogP contribution is -2.55. The van der Waals surface area contributed by atoms with Crippen LogP contribution >= 0.6 is 0 Å². The van der Waals surface area contributed by atoms with Crippen LogP contribution in [-0.2, 0) is 9.59 Å². The van der Waals surface area contributed by atoms with Crippen LogP contribution in [0, 0.1) is 0 Å². The number of carbonyl (C=O) groups excluding carboxylic acids is 2. The van der Waals surface area contributed by atoms with E-state index in [0.717, 1.165) is 5.56 Å². The van der Waals surface area contributed by atoms with Crippen molar-refractivity contribution >= 4 is 11.8 Å². The van der Waals surface area contributed by atoms with Gasteiger partial charge < -0.3 is 10.2 Å². The molecule has 1 aliphatic rings. The summed E-state index contributed by atoms with van der Waals surface area (Å²) in [6, 6.07) is 8.53. The minimum absolute atomic E-state index is 0.0896. The number of carbonyl (C=O) groups is 2. The van der Waals surface area contributed by atoms with Gasteiger partial charge in [-0.25, -0.2) is 0 Å². The van der Waals surface area contributed by atoms with E-state index in [0.29, 0.717) is 0 Å². The first kappa shape index (κ1) is 12.4. The highest BCUT2D eigenvalue weighted by Crippen LogP contribution is 2.20. The predicted molar refractivity (Wildman–Crippen MR) is 68.7 cm³/mol. The van der Waals surface area contributed by atoms with Gasteiger partial charge in [0.25, 0.3) is 5.91 Å². The average molecular weight is 244 g/mol. The van der Waals surface area contributed by atoms with E-state index >= 15 is 0 Å². The highest BCUT2D eigenvalue weighted by atomic mass is 16.2. The lowest BCUT2D eigenvalue weighted by Gasteiger charge is -2.35. The molecule has 94 valence electrons. The Morgan fingerprint density at radius 3 is 2.67 bits per heavy atom. The molecule has 0 aliphatic carbocycles. The van der Waals surface area contributed by atoms with E-state index in [1.807, 2.05) is 37.3 Å². The lowest BCUT2D eigenvalue weighted by molar-refractivity contribution is -0.145. The summed E-state index contributed by atoms with van der Waals surface area (Å²) in [4.78, 5) is 25.6. The van der Waals surface area contributed by atoms with Crippen molar-refractivity contribution in [3.05, 3.63) is 48.6 Å². The minimum Gasteiger partial charge on any atom is -0.339 e. The van der Waals surface area contributed by atoms with Gasteiger partial charge in [-0.1, -0.05) is 36.4 Å². The molecule has 0 aromatic heterocycles. The molecule has 4 heteroatoms. The monoisotopic (exact) mass is 244 g/mol. The summed E-state index contributed by atoms with van der Waals surface area (Å²) >= 11 is 0. The van der Waals surface area contributed by atoms with Crippen molar-refractivity contribution in [1.82, 2.24) is 10.2 Å². The van der Waals surface area contributed by atoms with E-state index in [-0.39, 0.29) is 24.4 Å². The van der Waals surface area contributed by atoms with E-state index in [1.54, 1.807) is 11.0 Å². The molecule has 2 rings (SSSR count). The maximum atomic E-state index is 12.3. The first-order chi connectivity index (χ1) is 8.63. The second kappa shape index (κ2) is 5.04. The van der Waals surface area contributed by atoms with Crippen molar-refractivity contribution in [1.29, 1.82) is 0 Å². The number of rotatable bonds is 3. The second-order valence-corrected chi connectivity index (χ2v) is 4.35. The van der Waals surface area contributed by atoms with E-state index in [9.17, 15) is 9.59 Å². The van der Waals surface area contributed by atoms with Gasteiger partial charge in [0.05, 0.1) is 0 Å². The first-order valence-electron chi connectivity index (χ1n) is 5.91. The summed E-state index contributed by atoms with van der Waals surface area (Å²) in [6.45, 7) is 5.61. The third-order valence-corrected chi connectivity index (χ3v) is 3.11. The number of nitrogens with zero attached hydrogens (tertiary/aromatic N) is 1. The van der Waals surface area contributed by atoms with Crippen LogP contribution in [0.25, 0.3) is 0 Å². The van der Waals surface area contributed by atoms with Crippen LogP contribution in [0.4, 0.5) is 0 Å². The Morgan fingerprint density at radius 2 is 2.06 bits per heavy atom. The SMILES string of the molecule is C=CC(C)N1CC(=O)NC(c2ccccc2)C1=O. The Balaban J connectivity index is 2.28. The van der Waals surface area contributed by atoms with Crippen LogP contribution in [-0.4, -0.2) is 29.3 Å². The van der Waals surface area contributed by atoms with Gasteiger partial charge in [-0.2, -0.15) is 0 Å². The molecule has 0 radical (unpaired) electrons.